The van der Waals surface area contributed by atoms with E-state index in [1.54, 1.807) is 13.2 Å². The van der Waals surface area contributed by atoms with Crippen LogP contribution in [0, 0.1) is 10.1 Å². The van der Waals surface area contributed by atoms with Gasteiger partial charge in [-0.25, -0.2) is 0 Å². The lowest BCUT2D eigenvalue weighted by Gasteiger charge is -2.09. The van der Waals surface area contributed by atoms with Crippen molar-refractivity contribution in [2.45, 2.75) is 11.2 Å². The van der Waals surface area contributed by atoms with Gasteiger partial charge in [0.25, 0.3) is 11.6 Å². The van der Waals surface area contributed by atoms with Crippen molar-refractivity contribution in [1.82, 2.24) is 5.32 Å². The highest BCUT2D eigenvalue weighted by Crippen LogP contribution is 2.13. The van der Waals surface area contributed by atoms with Crippen LogP contribution in [0.3, 0.4) is 0 Å². The molecule has 19 heavy (non-hydrogen) atoms. The van der Waals surface area contributed by atoms with E-state index >= 15 is 0 Å². The molecule has 0 radical (unpaired) electrons. The minimum atomic E-state index is -0.524. The van der Waals surface area contributed by atoms with Crippen molar-refractivity contribution >= 4 is 27.5 Å². The Morgan fingerprint density at radius 3 is 2.95 bits per heavy atom. The highest BCUT2D eigenvalue weighted by atomic mass is 79.9. The fourth-order valence-corrected chi connectivity index (χ4v) is 1.96. The first kappa shape index (κ1) is 15.6. The van der Waals surface area contributed by atoms with Gasteiger partial charge >= 0.3 is 0 Å². The second kappa shape index (κ2) is 7.85. The zero-order chi connectivity index (χ0) is 14.3. The molecule has 0 aliphatic heterocycles. The largest absolute Gasteiger partial charge is 0.384 e. The van der Waals surface area contributed by atoms with E-state index in [0.29, 0.717) is 19.6 Å². The Labute approximate surface area is 119 Å². The summed E-state index contributed by atoms with van der Waals surface area (Å²) in [5, 5.41) is 13.3. The molecule has 0 spiro atoms. The Balaban J connectivity index is 2.49. The molecule has 0 aliphatic carbocycles. The first-order valence-electron chi connectivity index (χ1n) is 5.70. The number of halogens is 1. The third kappa shape index (κ3) is 5.35. The van der Waals surface area contributed by atoms with Crippen LogP contribution in [0.4, 0.5) is 5.69 Å². The van der Waals surface area contributed by atoms with Gasteiger partial charge in [0.05, 0.1) is 11.5 Å². The molecule has 7 heteroatoms. The lowest BCUT2D eigenvalue weighted by molar-refractivity contribution is -0.384. The van der Waals surface area contributed by atoms with Crippen molar-refractivity contribution in [3.63, 3.8) is 0 Å². The fourth-order valence-electron chi connectivity index (χ4n) is 1.47. The van der Waals surface area contributed by atoms with E-state index in [2.05, 4.69) is 21.2 Å². The number of nitrogens with zero attached hydrogens (tertiary/aromatic N) is 1. The minimum Gasteiger partial charge on any atom is -0.384 e. The number of hydrogen-bond acceptors (Lipinski definition) is 4. The quantitative estimate of drug-likeness (QED) is 0.471. The third-order valence-corrected chi connectivity index (χ3v) is 3.13. The van der Waals surface area contributed by atoms with Crippen LogP contribution in [0.25, 0.3) is 0 Å². The van der Waals surface area contributed by atoms with Crippen LogP contribution in [0.5, 0.6) is 0 Å². The predicted molar refractivity (Wildman–Crippen MR) is 74.6 cm³/mol. The van der Waals surface area contributed by atoms with Gasteiger partial charge < -0.3 is 10.1 Å². The van der Waals surface area contributed by atoms with E-state index in [1.807, 2.05) is 0 Å². The summed E-state index contributed by atoms with van der Waals surface area (Å²) >= 11 is 3.41. The van der Waals surface area contributed by atoms with Gasteiger partial charge in [0.2, 0.25) is 0 Å². The molecule has 0 bridgehead atoms. The third-order valence-electron chi connectivity index (χ3n) is 2.41. The zero-order valence-corrected chi connectivity index (χ0v) is 12.1. The number of alkyl halides is 1. The fraction of sp³-hybridized carbons (Fsp3) is 0.417. The maximum atomic E-state index is 11.8. The van der Waals surface area contributed by atoms with E-state index in [0.717, 1.165) is 0 Å². The second-order valence-electron chi connectivity index (χ2n) is 3.90. The van der Waals surface area contributed by atoms with Crippen LogP contribution in [-0.4, -0.2) is 35.9 Å². The topological polar surface area (TPSA) is 81.5 Å². The monoisotopic (exact) mass is 330 g/mol. The van der Waals surface area contributed by atoms with E-state index in [9.17, 15) is 14.9 Å². The Hall–Kier alpha value is -1.47. The SMILES string of the molecule is COCC(Br)CCNC(=O)c1cccc([N+](=O)[O-])c1. The Morgan fingerprint density at radius 1 is 1.58 bits per heavy atom. The normalized spacial score (nSPS) is 11.9. The summed E-state index contributed by atoms with van der Waals surface area (Å²) < 4.78 is 4.95. The van der Waals surface area contributed by atoms with Crippen LogP contribution in [0.1, 0.15) is 16.8 Å². The van der Waals surface area contributed by atoms with Gasteiger partial charge in [-0.15, -0.1) is 0 Å². The van der Waals surface area contributed by atoms with Gasteiger partial charge in [0, 0.05) is 36.2 Å². The van der Waals surface area contributed by atoms with Crippen molar-refractivity contribution < 1.29 is 14.5 Å². The molecular weight excluding hydrogens is 316 g/mol. The molecule has 1 rings (SSSR count). The maximum absolute atomic E-state index is 11.8. The van der Waals surface area contributed by atoms with E-state index < -0.39 is 4.92 Å². The number of nitrogens with one attached hydrogen (secondary N) is 1. The molecule has 0 aromatic heterocycles. The maximum Gasteiger partial charge on any atom is 0.270 e. The summed E-state index contributed by atoms with van der Waals surface area (Å²) in [5.41, 5.74) is 0.192. The number of amides is 1. The molecule has 1 unspecified atom stereocenters. The van der Waals surface area contributed by atoms with Crippen molar-refractivity contribution in [3.8, 4) is 0 Å². The van der Waals surface area contributed by atoms with Crippen LogP contribution in [0.2, 0.25) is 0 Å². The summed E-state index contributed by atoms with van der Waals surface area (Å²) in [6.07, 6.45) is 0.717. The summed E-state index contributed by atoms with van der Waals surface area (Å²) in [6, 6.07) is 5.65. The molecule has 0 heterocycles. The number of hydrogen-bond donors (Lipinski definition) is 1. The summed E-state index contributed by atoms with van der Waals surface area (Å²) in [7, 11) is 1.61. The van der Waals surface area contributed by atoms with E-state index in [1.165, 1.54) is 18.2 Å². The van der Waals surface area contributed by atoms with Gasteiger partial charge in [-0.2, -0.15) is 0 Å². The number of rotatable bonds is 7. The van der Waals surface area contributed by atoms with Crippen molar-refractivity contribution in [2.24, 2.45) is 0 Å². The van der Waals surface area contributed by atoms with Crippen molar-refractivity contribution in [1.29, 1.82) is 0 Å². The smallest absolute Gasteiger partial charge is 0.270 e. The minimum absolute atomic E-state index is 0.0922. The van der Waals surface area contributed by atoms with Crippen LogP contribution < -0.4 is 5.32 Å². The second-order valence-corrected chi connectivity index (χ2v) is 5.20. The lowest BCUT2D eigenvalue weighted by Crippen LogP contribution is -2.26. The highest BCUT2D eigenvalue weighted by Gasteiger charge is 2.11. The van der Waals surface area contributed by atoms with Gasteiger partial charge in [0.1, 0.15) is 0 Å². The predicted octanol–water partition coefficient (Wildman–Crippen LogP) is 2.12. The van der Waals surface area contributed by atoms with Crippen LogP contribution >= 0.6 is 15.9 Å². The number of non-ortho nitro benzene ring substituents is 1. The average molecular weight is 331 g/mol. The van der Waals surface area contributed by atoms with Crippen molar-refractivity contribution in [2.75, 3.05) is 20.3 Å². The zero-order valence-electron chi connectivity index (χ0n) is 10.5. The van der Waals surface area contributed by atoms with Crippen LogP contribution in [0.15, 0.2) is 24.3 Å². The summed E-state index contributed by atoms with van der Waals surface area (Å²) in [6.45, 7) is 1.04. The number of nitro benzene ring substituents is 1. The molecule has 1 atom stereocenters. The Morgan fingerprint density at radius 2 is 2.32 bits per heavy atom. The van der Waals surface area contributed by atoms with Gasteiger partial charge in [-0.1, -0.05) is 22.0 Å². The molecule has 0 saturated carbocycles. The molecule has 6 nitrogen and oxygen atoms in total. The van der Waals surface area contributed by atoms with Gasteiger partial charge in [-0.05, 0) is 12.5 Å². The number of nitro groups is 1. The molecule has 104 valence electrons. The van der Waals surface area contributed by atoms with E-state index in [4.69, 9.17) is 4.74 Å². The number of carbonyl (C=O) groups excluding carboxylic acids is 1. The number of methoxy groups -OCH3 is 1. The first-order chi connectivity index (χ1) is 9.04. The average Bonchev–Trinajstić information content (AvgIpc) is 2.39. The summed E-state index contributed by atoms with van der Waals surface area (Å²) in [4.78, 5) is 22.0. The standard InChI is InChI=1S/C12H15BrN2O4/c1-19-8-10(13)5-6-14-12(16)9-3-2-4-11(7-9)15(17)18/h2-4,7,10H,5-6,8H2,1H3,(H,14,16). The Bertz CT molecular complexity index is 453. The lowest BCUT2D eigenvalue weighted by atomic mass is 10.2. The number of benzene rings is 1. The molecule has 0 aliphatic rings. The number of ether oxygens (including phenoxy) is 1. The van der Waals surface area contributed by atoms with Gasteiger partial charge in [-0.3, -0.25) is 14.9 Å². The molecule has 0 saturated heterocycles. The first-order valence-corrected chi connectivity index (χ1v) is 6.62. The van der Waals surface area contributed by atoms with Gasteiger partial charge in [0.15, 0.2) is 0 Å². The number of carbonyl (C=O) groups is 1. The molecule has 1 aromatic carbocycles. The highest BCUT2D eigenvalue weighted by molar-refractivity contribution is 9.09. The molecule has 1 amide bonds. The molecule has 1 aromatic rings. The summed E-state index contributed by atoms with van der Waals surface area (Å²) in [5.74, 6) is -0.319. The Kier molecular flexibility index (Phi) is 6.44. The molecule has 1 N–H and O–H groups in total. The molecule has 0 fully saturated rings. The van der Waals surface area contributed by atoms with Crippen molar-refractivity contribution in [3.05, 3.63) is 39.9 Å². The van der Waals surface area contributed by atoms with E-state index in [-0.39, 0.29) is 22.0 Å². The van der Waals surface area contributed by atoms with Crippen LogP contribution in [-0.2, 0) is 4.74 Å². The molecular formula is C12H15BrN2O4.